The van der Waals surface area contributed by atoms with E-state index < -0.39 is 5.60 Å². The van der Waals surface area contributed by atoms with Gasteiger partial charge in [0.05, 0.1) is 16.8 Å². The van der Waals surface area contributed by atoms with Crippen LogP contribution >= 0.6 is 11.3 Å². The van der Waals surface area contributed by atoms with Gasteiger partial charge in [0.15, 0.2) is 0 Å². The number of thiazole rings is 1. The van der Waals surface area contributed by atoms with Crippen molar-refractivity contribution in [3.63, 3.8) is 0 Å². The van der Waals surface area contributed by atoms with Gasteiger partial charge >= 0.3 is 0 Å². The molecule has 1 saturated carbocycles. The maximum atomic E-state index is 12.4. The van der Waals surface area contributed by atoms with Crippen LogP contribution in [0, 0.1) is 0 Å². The second kappa shape index (κ2) is 5.45. The Labute approximate surface area is 124 Å². The first-order chi connectivity index (χ1) is 9.21. The van der Waals surface area contributed by atoms with Crippen molar-refractivity contribution < 1.29 is 9.90 Å². The Morgan fingerprint density at radius 1 is 1.45 bits per heavy atom. The zero-order valence-corrected chi connectivity index (χ0v) is 13.6. The minimum absolute atomic E-state index is 0.0363. The molecule has 1 aromatic heterocycles. The third kappa shape index (κ3) is 3.38. The smallest absolute Gasteiger partial charge is 0.265 e. The maximum Gasteiger partial charge on any atom is 0.265 e. The Balaban J connectivity index is 2.05. The molecule has 0 saturated heterocycles. The lowest BCUT2D eigenvalue weighted by Crippen LogP contribution is -2.41. The average molecular weight is 296 g/mol. The number of carbonyl (C=O) groups excluding carboxylic acids is 1. The van der Waals surface area contributed by atoms with Crippen LogP contribution in [0.5, 0.6) is 0 Å². The van der Waals surface area contributed by atoms with Crippen LogP contribution in [0.25, 0.3) is 0 Å². The number of rotatable bonds is 3. The Hall–Kier alpha value is -0.940. The van der Waals surface area contributed by atoms with E-state index in [1.54, 1.807) is 18.1 Å². The maximum absolute atomic E-state index is 12.4. The highest BCUT2D eigenvalue weighted by Gasteiger charge is 2.34. The molecule has 112 valence electrons. The normalized spacial score (nSPS) is 18.2. The van der Waals surface area contributed by atoms with Crippen LogP contribution < -0.4 is 0 Å². The molecule has 0 spiro atoms. The summed E-state index contributed by atoms with van der Waals surface area (Å²) in [6.45, 7) is 6.68. The third-order valence-corrected chi connectivity index (χ3v) is 5.18. The summed E-state index contributed by atoms with van der Waals surface area (Å²) in [5.74, 6) is -0.0432. The summed E-state index contributed by atoms with van der Waals surface area (Å²) in [5, 5.41) is 11.4. The van der Waals surface area contributed by atoms with E-state index in [9.17, 15) is 9.90 Å². The molecule has 0 unspecified atom stereocenters. The summed E-state index contributed by atoms with van der Waals surface area (Å²) in [4.78, 5) is 19.0. The molecule has 1 heterocycles. The first kappa shape index (κ1) is 15.4. The predicted molar refractivity (Wildman–Crippen MR) is 81.2 cm³/mol. The summed E-state index contributed by atoms with van der Waals surface area (Å²) in [6.07, 6.45) is 5.34. The predicted octanol–water partition coefficient (Wildman–Crippen LogP) is 2.82. The fourth-order valence-corrected chi connectivity index (χ4v) is 3.58. The van der Waals surface area contributed by atoms with Crippen LogP contribution in [-0.2, 0) is 5.41 Å². The fourth-order valence-electron chi connectivity index (χ4n) is 2.61. The van der Waals surface area contributed by atoms with Gasteiger partial charge in [0, 0.05) is 19.0 Å². The highest BCUT2D eigenvalue weighted by Crippen LogP contribution is 2.31. The first-order valence-electron chi connectivity index (χ1n) is 7.15. The van der Waals surface area contributed by atoms with Crippen LogP contribution in [-0.4, -0.2) is 40.1 Å². The molecule has 0 radical (unpaired) electrons. The lowest BCUT2D eigenvalue weighted by atomic mass is 9.98. The van der Waals surface area contributed by atoms with Gasteiger partial charge < -0.3 is 10.0 Å². The summed E-state index contributed by atoms with van der Waals surface area (Å²) in [6, 6.07) is 0. The molecule has 0 atom stereocenters. The van der Waals surface area contributed by atoms with Crippen molar-refractivity contribution in [2.24, 2.45) is 0 Å². The van der Waals surface area contributed by atoms with Gasteiger partial charge in [0.25, 0.3) is 5.91 Å². The lowest BCUT2D eigenvalue weighted by Gasteiger charge is -2.28. The van der Waals surface area contributed by atoms with Gasteiger partial charge in [-0.3, -0.25) is 4.79 Å². The zero-order valence-electron chi connectivity index (χ0n) is 12.8. The molecule has 0 aromatic carbocycles. The molecule has 1 N–H and O–H groups in total. The summed E-state index contributed by atoms with van der Waals surface area (Å²) >= 11 is 1.45. The van der Waals surface area contributed by atoms with Crippen molar-refractivity contribution in [1.29, 1.82) is 0 Å². The van der Waals surface area contributed by atoms with E-state index in [1.165, 1.54) is 11.3 Å². The molecule has 5 heteroatoms. The number of nitrogens with zero attached hydrogens (tertiary/aromatic N) is 2. The van der Waals surface area contributed by atoms with Crippen molar-refractivity contribution in [2.45, 2.75) is 57.5 Å². The van der Waals surface area contributed by atoms with Gasteiger partial charge in [-0.05, 0) is 12.8 Å². The van der Waals surface area contributed by atoms with Crippen LogP contribution in [0.1, 0.15) is 61.1 Å². The number of hydrogen-bond acceptors (Lipinski definition) is 4. The van der Waals surface area contributed by atoms with Gasteiger partial charge in [-0.2, -0.15) is 0 Å². The molecule has 1 aliphatic carbocycles. The monoisotopic (exact) mass is 296 g/mol. The molecule has 1 fully saturated rings. The third-order valence-electron chi connectivity index (χ3n) is 3.77. The molecule has 2 rings (SSSR count). The molecule has 4 nitrogen and oxygen atoms in total. The molecule has 20 heavy (non-hydrogen) atoms. The number of aliphatic hydroxyl groups is 1. The summed E-state index contributed by atoms with van der Waals surface area (Å²) in [5.41, 5.74) is -0.729. The number of hydrogen-bond donors (Lipinski definition) is 1. The molecule has 1 aromatic rings. The van der Waals surface area contributed by atoms with E-state index in [0.717, 1.165) is 30.7 Å². The van der Waals surface area contributed by atoms with E-state index in [-0.39, 0.29) is 11.3 Å². The first-order valence-corrected chi connectivity index (χ1v) is 7.97. The topological polar surface area (TPSA) is 53.4 Å². The van der Waals surface area contributed by atoms with E-state index in [4.69, 9.17) is 0 Å². The van der Waals surface area contributed by atoms with Crippen molar-refractivity contribution in [3.8, 4) is 0 Å². The van der Waals surface area contributed by atoms with Gasteiger partial charge in [-0.15, -0.1) is 11.3 Å². The molecular formula is C15H24N2O2S. The zero-order chi connectivity index (χ0) is 15.0. The fraction of sp³-hybridized carbons (Fsp3) is 0.733. The quantitative estimate of drug-likeness (QED) is 0.933. The number of carbonyl (C=O) groups is 1. The molecular weight excluding hydrogens is 272 g/mol. The second-order valence-electron chi connectivity index (χ2n) is 6.87. The van der Waals surface area contributed by atoms with E-state index in [2.05, 4.69) is 25.8 Å². The highest BCUT2D eigenvalue weighted by molar-refractivity contribution is 7.13. The minimum Gasteiger partial charge on any atom is -0.388 e. The molecule has 0 bridgehead atoms. The number of likely N-dealkylation sites (N-methyl/N-ethyl adjacent to an activating group) is 1. The van der Waals surface area contributed by atoms with Crippen LogP contribution in [0.3, 0.4) is 0 Å². The van der Waals surface area contributed by atoms with Crippen LogP contribution in [0.4, 0.5) is 0 Å². The Morgan fingerprint density at radius 3 is 2.55 bits per heavy atom. The lowest BCUT2D eigenvalue weighted by molar-refractivity contribution is 0.0158. The van der Waals surface area contributed by atoms with Crippen molar-refractivity contribution in [3.05, 3.63) is 16.1 Å². The average Bonchev–Trinajstić information content (AvgIpc) is 2.96. The van der Waals surface area contributed by atoms with E-state index in [0.29, 0.717) is 11.4 Å². The second-order valence-corrected chi connectivity index (χ2v) is 7.90. The molecule has 1 aliphatic rings. The van der Waals surface area contributed by atoms with Crippen molar-refractivity contribution in [2.75, 3.05) is 13.6 Å². The molecule has 1 amide bonds. The van der Waals surface area contributed by atoms with E-state index in [1.807, 2.05) is 0 Å². The Morgan fingerprint density at radius 2 is 2.05 bits per heavy atom. The van der Waals surface area contributed by atoms with Crippen LogP contribution in [0.15, 0.2) is 6.20 Å². The minimum atomic E-state index is -0.693. The van der Waals surface area contributed by atoms with Gasteiger partial charge in [-0.25, -0.2) is 4.98 Å². The Kier molecular flexibility index (Phi) is 4.21. The standard InChI is InChI=1S/C15H24N2O2S/c1-14(2,3)13-16-9-11(20-13)12(18)17(4)10-15(19)7-5-6-8-15/h9,19H,5-8,10H2,1-4H3. The van der Waals surface area contributed by atoms with Crippen molar-refractivity contribution >= 4 is 17.2 Å². The van der Waals surface area contributed by atoms with Crippen LogP contribution in [0.2, 0.25) is 0 Å². The van der Waals surface area contributed by atoms with Gasteiger partial charge in [0.1, 0.15) is 4.88 Å². The molecule has 0 aliphatic heterocycles. The number of aromatic nitrogens is 1. The SMILES string of the molecule is CN(CC1(O)CCCC1)C(=O)c1cnc(C(C)(C)C)s1. The summed E-state index contributed by atoms with van der Waals surface area (Å²) in [7, 11) is 1.76. The number of amides is 1. The Bertz CT molecular complexity index is 484. The van der Waals surface area contributed by atoms with Gasteiger partial charge in [-0.1, -0.05) is 33.6 Å². The van der Waals surface area contributed by atoms with Gasteiger partial charge in [0.2, 0.25) is 0 Å². The summed E-state index contributed by atoms with van der Waals surface area (Å²) < 4.78 is 0. The van der Waals surface area contributed by atoms with E-state index >= 15 is 0 Å². The highest BCUT2D eigenvalue weighted by atomic mass is 32.1. The van der Waals surface area contributed by atoms with Crippen molar-refractivity contribution in [1.82, 2.24) is 9.88 Å². The largest absolute Gasteiger partial charge is 0.388 e.